The number of hydrogen-bond acceptors (Lipinski definition) is 1. The molecular weight excluding hydrogens is 259 g/mol. The molecule has 1 aromatic heterocycles. The van der Waals surface area contributed by atoms with Crippen LogP contribution in [-0.4, -0.2) is 9.55 Å². The van der Waals surface area contributed by atoms with E-state index in [0.29, 0.717) is 4.77 Å². The highest BCUT2D eigenvalue weighted by molar-refractivity contribution is 7.71. The molecule has 0 aliphatic carbocycles. The molecule has 3 rings (SSSR count). The van der Waals surface area contributed by atoms with Gasteiger partial charge < -0.3 is 4.98 Å². The van der Waals surface area contributed by atoms with Crippen molar-refractivity contribution in [2.75, 3.05) is 0 Å². The molecule has 0 amide bonds. The molecule has 0 unspecified atom stereocenters. The van der Waals surface area contributed by atoms with Crippen molar-refractivity contribution in [3.05, 3.63) is 58.1 Å². The van der Waals surface area contributed by atoms with Gasteiger partial charge in [-0.2, -0.15) is 0 Å². The molecule has 0 aliphatic heterocycles. The van der Waals surface area contributed by atoms with E-state index in [9.17, 15) is 4.39 Å². The molecule has 96 valence electrons. The SMILES string of the molecule is Cc1cc(F)ccc1-n1c(=S)[nH]c2c(C)cccc21. The number of para-hydroxylation sites is 1. The first-order chi connectivity index (χ1) is 9.08. The molecule has 0 atom stereocenters. The second kappa shape index (κ2) is 4.31. The van der Waals surface area contributed by atoms with Crippen LogP contribution in [0.15, 0.2) is 36.4 Å². The number of rotatable bonds is 1. The Balaban J connectivity index is 2.40. The number of nitrogens with zero attached hydrogens (tertiary/aromatic N) is 1. The van der Waals surface area contributed by atoms with Crippen molar-refractivity contribution in [2.24, 2.45) is 0 Å². The number of benzene rings is 2. The minimum Gasteiger partial charge on any atom is -0.330 e. The first-order valence-electron chi connectivity index (χ1n) is 6.05. The number of aromatic amines is 1. The number of H-pyrrole nitrogens is 1. The van der Waals surface area contributed by atoms with Gasteiger partial charge in [0.15, 0.2) is 4.77 Å². The maximum absolute atomic E-state index is 13.2. The van der Waals surface area contributed by atoms with Crippen molar-refractivity contribution in [3.63, 3.8) is 0 Å². The lowest BCUT2D eigenvalue weighted by Gasteiger charge is -2.08. The van der Waals surface area contributed by atoms with Crippen LogP contribution in [0.3, 0.4) is 0 Å². The molecule has 0 saturated carbocycles. The van der Waals surface area contributed by atoms with Gasteiger partial charge in [0.2, 0.25) is 0 Å². The zero-order valence-electron chi connectivity index (χ0n) is 10.7. The molecule has 0 saturated heterocycles. The fourth-order valence-electron chi connectivity index (χ4n) is 2.38. The topological polar surface area (TPSA) is 20.7 Å². The molecule has 2 aromatic carbocycles. The molecule has 3 aromatic rings. The average molecular weight is 272 g/mol. The van der Waals surface area contributed by atoms with Gasteiger partial charge in [0, 0.05) is 0 Å². The van der Waals surface area contributed by atoms with Crippen LogP contribution >= 0.6 is 12.2 Å². The molecule has 2 nitrogen and oxygen atoms in total. The van der Waals surface area contributed by atoms with E-state index >= 15 is 0 Å². The summed E-state index contributed by atoms with van der Waals surface area (Å²) in [5, 5.41) is 0. The lowest BCUT2D eigenvalue weighted by atomic mass is 10.1. The van der Waals surface area contributed by atoms with Gasteiger partial charge in [-0.05, 0) is 61.5 Å². The largest absolute Gasteiger partial charge is 0.330 e. The Morgan fingerprint density at radius 2 is 1.89 bits per heavy atom. The van der Waals surface area contributed by atoms with Crippen LogP contribution in [0.4, 0.5) is 4.39 Å². The van der Waals surface area contributed by atoms with E-state index in [2.05, 4.69) is 4.98 Å². The third-order valence-corrected chi connectivity index (χ3v) is 3.61. The number of halogens is 1. The minimum absolute atomic E-state index is 0.233. The number of imidazole rings is 1. The maximum atomic E-state index is 13.2. The summed E-state index contributed by atoms with van der Waals surface area (Å²) in [6.45, 7) is 3.92. The van der Waals surface area contributed by atoms with E-state index in [0.717, 1.165) is 27.8 Å². The highest BCUT2D eigenvalue weighted by Crippen LogP contribution is 2.24. The number of aromatic nitrogens is 2. The molecule has 1 N–H and O–H groups in total. The number of hydrogen-bond donors (Lipinski definition) is 1. The number of aryl methyl sites for hydroxylation is 2. The van der Waals surface area contributed by atoms with Crippen molar-refractivity contribution in [1.82, 2.24) is 9.55 Å². The predicted molar refractivity (Wildman–Crippen MR) is 77.9 cm³/mol. The van der Waals surface area contributed by atoms with Gasteiger partial charge in [-0.25, -0.2) is 4.39 Å². The van der Waals surface area contributed by atoms with Crippen LogP contribution < -0.4 is 0 Å². The third kappa shape index (κ3) is 1.88. The highest BCUT2D eigenvalue weighted by Gasteiger charge is 2.10. The smallest absolute Gasteiger partial charge is 0.182 e. The standard InChI is InChI=1S/C15H13FN2S/c1-9-4-3-5-13-14(9)17-15(19)18(13)12-7-6-11(16)8-10(12)2/h3-8H,1-2H3,(H,17,19). The van der Waals surface area contributed by atoms with Crippen LogP contribution in [0.1, 0.15) is 11.1 Å². The Morgan fingerprint density at radius 3 is 2.63 bits per heavy atom. The second-order valence-electron chi connectivity index (χ2n) is 4.67. The van der Waals surface area contributed by atoms with E-state index in [1.54, 1.807) is 6.07 Å². The van der Waals surface area contributed by atoms with Gasteiger partial charge in [0.05, 0.1) is 16.7 Å². The summed E-state index contributed by atoms with van der Waals surface area (Å²) in [4.78, 5) is 3.22. The second-order valence-corrected chi connectivity index (χ2v) is 5.05. The lowest BCUT2D eigenvalue weighted by Crippen LogP contribution is -1.97. The van der Waals surface area contributed by atoms with E-state index in [4.69, 9.17) is 12.2 Å². The van der Waals surface area contributed by atoms with E-state index in [-0.39, 0.29) is 5.82 Å². The Morgan fingerprint density at radius 1 is 1.11 bits per heavy atom. The number of nitrogens with one attached hydrogen (secondary N) is 1. The quantitative estimate of drug-likeness (QED) is 0.649. The first kappa shape index (κ1) is 12.1. The van der Waals surface area contributed by atoms with Gasteiger partial charge in [0.1, 0.15) is 5.82 Å². The molecule has 0 spiro atoms. The zero-order chi connectivity index (χ0) is 13.6. The van der Waals surface area contributed by atoms with Crippen molar-refractivity contribution in [3.8, 4) is 5.69 Å². The molecular formula is C15H13FN2S. The summed E-state index contributed by atoms with van der Waals surface area (Å²) >= 11 is 5.40. The summed E-state index contributed by atoms with van der Waals surface area (Å²) in [5.74, 6) is -0.233. The lowest BCUT2D eigenvalue weighted by molar-refractivity contribution is 0.626. The van der Waals surface area contributed by atoms with Gasteiger partial charge in [-0.15, -0.1) is 0 Å². The van der Waals surface area contributed by atoms with Crippen molar-refractivity contribution in [1.29, 1.82) is 0 Å². The Kier molecular flexibility index (Phi) is 2.75. The molecule has 0 bridgehead atoms. The van der Waals surface area contributed by atoms with Crippen molar-refractivity contribution < 1.29 is 4.39 Å². The summed E-state index contributed by atoms with van der Waals surface area (Å²) in [6.07, 6.45) is 0. The molecule has 0 aliphatic rings. The van der Waals surface area contributed by atoms with E-state index in [1.165, 1.54) is 12.1 Å². The molecule has 0 radical (unpaired) electrons. The van der Waals surface area contributed by atoms with Crippen molar-refractivity contribution >= 4 is 23.3 Å². The normalized spacial score (nSPS) is 11.1. The summed E-state index contributed by atoms with van der Waals surface area (Å²) < 4.78 is 15.8. The Bertz CT molecular complexity index is 830. The summed E-state index contributed by atoms with van der Waals surface area (Å²) in [5.41, 5.74) is 4.94. The van der Waals surface area contributed by atoms with Crippen LogP contribution in [0, 0.1) is 24.4 Å². The Hall–Kier alpha value is -1.94. The van der Waals surface area contributed by atoms with E-state index < -0.39 is 0 Å². The first-order valence-corrected chi connectivity index (χ1v) is 6.45. The fraction of sp³-hybridized carbons (Fsp3) is 0.133. The van der Waals surface area contributed by atoms with Crippen LogP contribution in [0.25, 0.3) is 16.7 Å². The molecule has 19 heavy (non-hydrogen) atoms. The van der Waals surface area contributed by atoms with Gasteiger partial charge in [-0.3, -0.25) is 4.57 Å². The molecule has 4 heteroatoms. The van der Waals surface area contributed by atoms with Gasteiger partial charge >= 0.3 is 0 Å². The van der Waals surface area contributed by atoms with E-state index in [1.807, 2.05) is 36.6 Å². The summed E-state index contributed by atoms with van der Waals surface area (Å²) in [7, 11) is 0. The number of fused-ring (bicyclic) bond motifs is 1. The predicted octanol–water partition coefficient (Wildman–Crippen LogP) is 4.44. The zero-order valence-corrected chi connectivity index (χ0v) is 11.5. The highest BCUT2D eigenvalue weighted by atomic mass is 32.1. The molecule has 1 heterocycles. The average Bonchev–Trinajstić information content (AvgIpc) is 2.68. The molecule has 0 fully saturated rings. The summed E-state index contributed by atoms with van der Waals surface area (Å²) in [6, 6.07) is 10.8. The van der Waals surface area contributed by atoms with Gasteiger partial charge in [-0.1, -0.05) is 12.1 Å². The third-order valence-electron chi connectivity index (χ3n) is 3.33. The Labute approximate surface area is 115 Å². The van der Waals surface area contributed by atoms with Crippen LogP contribution in [-0.2, 0) is 0 Å². The monoisotopic (exact) mass is 272 g/mol. The fourth-order valence-corrected chi connectivity index (χ4v) is 2.68. The maximum Gasteiger partial charge on any atom is 0.182 e. The van der Waals surface area contributed by atoms with Crippen LogP contribution in [0.5, 0.6) is 0 Å². The van der Waals surface area contributed by atoms with Gasteiger partial charge in [0.25, 0.3) is 0 Å². The van der Waals surface area contributed by atoms with Crippen molar-refractivity contribution in [2.45, 2.75) is 13.8 Å². The minimum atomic E-state index is -0.233. The van der Waals surface area contributed by atoms with Crippen LogP contribution in [0.2, 0.25) is 0 Å².